The van der Waals surface area contributed by atoms with Crippen LogP contribution in [0.1, 0.15) is 76.8 Å². The molecular formula is C41H60N6O6. The summed E-state index contributed by atoms with van der Waals surface area (Å²) in [5, 5.41) is 5.98. The Morgan fingerprint density at radius 3 is 1.98 bits per heavy atom. The van der Waals surface area contributed by atoms with Gasteiger partial charge in [-0.05, 0) is 81.9 Å². The molecule has 2 bridgehead atoms. The van der Waals surface area contributed by atoms with Crippen molar-refractivity contribution in [3.8, 4) is 0 Å². The van der Waals surface area contributed by atoms with Crippen molar-refractivity contribution >= 4 is 29.5 Å². The van der Waals surface area contributed by atoms with Gasteiger partial charge in [-0.1, -0.05) is 74.5 Å². The molecule has 2 fully saturated rings. The molecule has 6 N–H and O–H groups in total. The van der Waals surface area contributed by atoms with Gasteiger partial charge in [-0.15, -0.1) is 0 Å². The predicted octanol–water partition coefficient (Wildman–Crippen LogP) is 2.76. The zero-order valence-electron chi connectivity index (χ0n) is 31.7. The number of esters is 1. The average molecular weight is 733 g/mol. The van der Waals surface area contributed by atoms with Crippen molar-refractivity contribution in [3.05, 3.63) is 71.8 Å². The molecule has 2 heterocycles. The SMILES string of the molecule is CCOC(=O)CN1CC2CCC(C1)N2C(=O)C(CCCCN)NC(=O)C(CC(=O)C(Cc1ccccc1)NC(=O)C(N)Cc1ccccc1)CC(C)C. The minimum absolute atomic E-state index is 0.0618. The zero-order valence-corrected chi connectivity index (χ0v) is 31.7. The molecule has 4 rings (SSSR count). The Morgan fingerprint density at radius 1 is 0.830 bits per heavy atom. The minimum atomic E-state index is -0.891. The van der Waals surface area contributed by atoms with E-state index in [1.807, 2.05) is 79.4 Å². The van der Waals surface area contributed by atoms with Crippen molar-refractivity contribution in [3.63, 3.8) is 0 Å². The number of fused-ring (bicyclic) bond motifs is 2. The van der Waals surface area contributed by atoms with Gasteiger partial charge in [0, 0.05) is 37.5 Å². The van der Waals surface area contributed by atoms with Crippen LogP contribution in [0.3, 0.4) is 0 Å². The lowest BCUT2D eigenvalue weighted by Crippen LogP contribution is -2.61. The summed E-state index contributed by atoms with van der Waals surface area (Å²) in [5.41, 5.74) is 13.9. The number of hydrogen-bond acceptors (Lipinski definition) is 9. The third kappa shape index (κ3) is 12.8. The van der Waals surface area contributed by atoms with E-state index in [0.717, 1.165) is 24.0 Å². The van der Waals surface area contributed by atoms with E-state index in [1.54, 1.807) is 6.92 Å². The maximum Gasteiger partial charge on any atom is 0.320 e. The molecule has 2 aliphatic heterocycles. The molecule has 2 aliphatic rings. The van der Waals surface area contributed by atoms with E-state index < -0.39 is 30.0 Å². The van der Waals surface area contributed by atoms with Crippen molar-refractivity contribution in [1.82, 2.24) is 20.4 Å². The van der Waals surface area contributed by atoms with Crippen LogP contribution in [0.2, 0.25) is 0 Å². The van der Waals surface area contributed by atoms with Gasteiger partial charge >= 0.3 is 5.97 Å². The quantitative estimate of drug-likeness (QED) is 0.111. The lowest BCUT2D eigenvalue weighted by Gasteiger charge is -2.42. The molecule has 2 aromatic rings. The molecule has 0 radical (unpaired) electrons. The highest BCUT2D eigenvalue weighted by Crippen LogP contribution is 2.31. The van der Waals surface area contributed by atoms with Crippen LogP contribution < -0.4 is 22.1 Å². The van der Waals surface area contributed by atoms with Crippen LogP contribution in [0.15, 0.2) is 60.7 Å². The number of likely N-dealkylation sites (tertiary alicyclic amines) is 1. The number of benzene rings is 2. The minimum Gasteiger partial charge on any atom is -0.465 e. The third-order valence-corrected chi connectivity index (χ3v) is 10.2. The van der Waals surface area contributed by atoms with Gasteiger partial charge in [0.05, 0.1) is 25.2 Å². The van der Waals surface area contributed by atoms with Gasteiger partial charge in [0.25, 0.3) is 0 Å². The Labute approximate surface area is 314 Å². The van der Waals surface area contributed by atoms with E-state index >= 15 is 0 Å². The maximum absolute atomic E-state index is 14.3. The molecule has 2 saturated heterocycles. The second kappa shape index (κ2) is 20.9. The number of rotatable bonds is 21. The third-order valence-electron chi connectivity index (χ3n) is 10.2. The average Bonchev–Trinajstić information content (AvgIpc) is 3.40. The van der Waals surface area contributed by atoms with Crippen LogP contribution in [-0.2, 0) is 41.6 Å². The number of unbranched alkanes of at least 4 members (excludes halogenated alkanes) is 1. The van der Waals surface area contributed by atoms with Gasteiger partial charge in [-0.25, -0.2) is 0 Å². The molecule has 12 heteroatoms. The monoisotopic (exact) mass is 732 g/mol. The molecule has 2 aromatic carbocycles. The van der Waals surface area contributed by atoms with Crippen LogP contribution in [-0.4, -0.2) is 102 Å². The lowest BCUT2D eigenvalue weighted by atomic mass is 9.88. The van der Waals surface area contributed by atoms with Crippen molar-refractivity contribution in [2.45, 2.75) is 109 Å². The molecule has 6 unspecified atom stereocenters. The first-order valence-corrected chi connectivity index (χ1v) is 19.4. The number of hydrogen-bond donors (Lipinski definition) is 4. The molecule has 0 spiro atoms. The lowest BCUT2D eigenvalue weighted by molar-refractivity contribution is -0.147. The van der Waals surface area contributed by atoms with Gasteiger partial charge in [0.1, 0.15) is 6.04 Å². The van der Waals surface area contributed by atoms with Gasteiger partial charge in [0.15, 0.2) is 5.78 Å². The Morgan fingerprint density at radius 2 is 1.42 bits per heavy atom. The fourth-order valence-corrected chi connectivity index (χ4v) is 7.66. The first-order valence-electron chi connectivity index (χ1n) is 19.4. The zero-order chi connectivity index (χ0) is 38.3. The number of piperazine rings is 1. The van der Waals surface area contributed by atoms with Crippen LogP contribution >= 0.6 is 0 Å². The summed E-state index contributed by atoms with van der Waals surface area (Å²) in [6, 6.07) is 16.3. The summed E-state index contributed by atoms with van der Waals surface area (Å²) in [7, 11) is 0. The van der Waals surface area contributed by atoms with E-state index in [2.05, 4.69) is 15.5 Å². The van der Waals surface area contributed by atoms with Crippen LogP contribution in [0.5, 0.6) is 0 Å². The molecule has 6 atom stereocenters. The fraction of sp³-hybridized carbons (Fsp3) is 0.585. The van der Waals surface area contributed by atoms with Crippen LogP contribution in [0, 0.1) is 11.8 Å². The number of amides is 3. The highest BCUT2D eigenvalue weighted by atomic mass is 16.5. The standard InChI is InChI=1S/C41H60N6O6/c1-4-53-38(49)27-46-25-32-18-19-33(26-46)47(32)41(52)35(17-11-12-20-42)44-39(50)31(21-28(2)3)24-37(48)36(23-30-15-9-6-10-16-30)45-40(51)34(43)22-29-13-7-5-8-14-29/h5-10,13-16,28,31-36H,4,11-12,17-27,42-43H2,1-3H3,(H,44,50)(H,45,51). The van der Waals surface area contributed by atoms with Crippen molar-refractivity contribution < 1.29 is 28.7 Å². The van der Waals surface area contributed by atoms with E-state index in [-0.39, 0.29) is 61.0 Å². The van der Waals surface area contributed by atoms with Crippen LogP contribution in [0.4, 0.5) is 0 Å². The first-order chi connectivity index (χ1) is 25.5. The highest BCUT2D eigenvalue weighted by Gasteiger charge is 2.45. The first kappa shape index (κ1) is 41.6. The van der Waals surface area contributed by atoms with Crippen molar-refractivity contribution in [1.29, 1.82) is 0 Å². The largest absolute Gasteiger partial charge is 0.465 e. The van der Waals surface area contributed by atoms with Gasteiger partial charge in [-0.2, -0.15) is 0 Å². The second-order valence-electron chi connectivity index (χ2n) is 15.0. The van der Waals surface area contributed by atoms with Gasteiger partial charge < -0.3 is 31.7 Å². The molecule has 12 nitrogen and oxygen atoms in total. The number of nitrogens with zero attached hydrogens (tertiary/aromatic N) is 2. The maximum atomic E-state index is 14.3. The number of carbonyl (C=O) groups excluding carboxylic acids is 5. The summed E-state index contributed by atoms with van der Waals surface area (Å²) >= 11 is 0. The summed E-state index contributed by atoms with van der Waals surface area (Å²) in [6.07, 6.45) is 4.35. The smallest absolute Gasteiger partial charge is 0.320 e. The van der Waals surface area contributed by atoms with Gasteiger partial charge in [-0.3, -0.25) is 28.9 Å². The molecule has 0 saturated carbocycles. The number of carbonyl (C=O) groups is 5. The van der Waals surface area contributed by atoms with E-state index in [1.165, 1.54) is 0 Å². The molecule has 290 valence electrons. The number of ketones is 1. The molecule has 0 aromatic heterocycles. The normalized spacial score (nSPS) is 19.2. The Balaban J connectivity index is 1.48. The van der Waals surface area contributed by atoms with E-state index in [4.69, 9.17) is 16.2 Å². The summed E-state index contributed by atoms with van der Waals surface area (Å²) in [5.74, 6) is -2.07. The summed E-state index contributed by atoms with van der Waals surface area (Å²) in [4.78, 5) is 72.0. The Kier molecular flexibility index (Phi) is 16.4. The molecule has 3 amide bonds. The number of nitrogens with two attached hydrogens (primary N) is 2. The van der Waals surface area contributed by atoms with Crippen molar-refractivity contribution in [2.75, 3.05) is 32.8 Å². The van der Waals surface area contributed by atoms with E-state index in [0.29, 0.717) is 58.3 Å². The van der Waals surface area contributed by atoms with Crippen molar-refractivity contribution in [2.24, 2.45) is 23.3 Å². The molecule has 53 heavy (non-hydrogen) atoms. The number of ether oxygens (including phenoxy) is 1. The fourth-order valence-electron chi connectivity index (χ4n) is 7.66. The highest BCUT2D eigenvalue weighted by molar-refractivity contribution is 5.95. The topological polar surface area (TPSA) is 177 Å². The molecule has 0 aliphatic carbocycles. The Bertz CT molecular complexity index is 1480. The predicted molar refractivity (Wildman–Crippen MR) is 204 cm³/mol. The number of nitrogens with one attached hydrogen (secondary N) is 2. The van der Waals surface area contributed by atoms with E-state index in [9.17, 15) is 24.0 Å². The summed E-state index contributed by atoms with van der Waals surface area (Å²) in [6.45, 7) is 7.89. The second-order valence-corrected chi connectivity index (χ2v) is 15.0. The van der Waals surface area contributed by atoms with Gasteiger partial charge in [0.2, 0.25) is 17.7 Å². The summed E-state index contributed by atoms with van der Waals surface area (Å²) < 4.78 is 5.15. The Hall–Kier alpha value is -4.13. The number of Topliss-reactive ketones (excluding diaryl/α,β-unsaturated/α-hetero) is 1. The van der Waals surface area contributed by atoms with Crippen LogP contribution in [0.25, 0.3) is 0 Å². The molecular weight excluding hydrogens is 672 g/mol.